The fourth-order valence-corrected chi connectivity index (χ4v) is 2.04. The highest BCUT2D eigenvalue weighted by atomic mass is 35.5. The molecule has 0 saturated heterocycles. The summed E-state index contributed by atoms with van der Waals surface area (Å²) in [4.78, 5) is 11.0. The van der Waals surface area contributed by atoms with Crippen LogP contribution in [0, 0.1) is 5.95 Å². The van der Waals surface area contributed by atoms with Crippen LogP contribution in [-0.2, 0) is 0 Å². The monoisotopic (exact) mass is 247 g/mol. The summed E-state index contributed by atoms with van der Waals surface area (Å²) < 4.78 is 13.1. The third-order valence-electron chi connectivity index (χ3n) is 2.51. The van der Waals surface area contributed by atoms with E-state index >= 15 is 0 Å². The second-order valence-corrected chi connectivity index (χ2v) is 3.97. The molecule has 0 saturated carbocycles. The molecule has 0 spiro atoms. The molecular formula is C12H7ClFN3. The standard InChI is InChI=1S/C12H7ClFN3/c13-8-6-16-12-7(4-5-15-12)11(8)9-2-1-3-10(14)17-9/h1-6H,(H,15,16). The number of rotatable bonds is 1. The normalized spacial score (nSPS) is 10.9. The van der Waals surface area contributed by atoms with Crippen LogP contribution in [0.15, 0.2) is 36.7 Å². The summed E-state index contributed by atoms with van der Waals surface area (Å²) in [6.07, 6.45) is 3.29. The van der Waals surface area contributed by atoms with Gasteiger partial charge in [0.1, 0.15) is 5.65 Å². The molecule has 0 amide bonds. The van der Waals surface area contributed by atoms with Crippen molar-refractivity contribution in [3.8, 4) is 11.3 Å². The Bertz CT molecular complexity index is 693. The van der Waals surface area contributed by atoms with Gasteiger partial charge in [-0.05, 0) is 18.2 Å². The maximum Gasteiger partial charge on any atom is 0.213 e. The lowest BCUT2D eigenvalue weighted by Gasteiger charge is -2.04. The van der Waals surface area contributed by atoms with Crippen LogP contribution in [0.4, 0.5) is 4.39 Å². The molecule has 0 aliphatic rings. The van der Waals surface area contributed by atoms with E-state index in [9.17, 15) is 4.39 Å². The minimum atomic E-state index is -0.529. The predicted molar refractivity (Wildman–Crippen MR) is 64.3 cm³/mol. The van der Waals surface area contributed by atoms with Crippen molar-refractivity contribution in [2.45, 2.75) is 0 Å². The molecule has 3 heterocycles. The first-order valence-corrected chi connectivity index (χ1v) is 5.38. The number of halogens is 2. The number of hydrogen-bond acceptors (Lipinski definition) is 2. The first-order valence-electron chi connectivity index (χ1n) is 5.00. The van der Waals surface area contributed by atoms with Crippen molar-refractivity contribution >= 4 is 22.6 Å². The highest BCUT2D eigenvalue weighted by Gasteiger charge is 2.12. The van der Waals surface area contributed by atoms with E-state index in [2.05, 4.69) is 15.0 Å². The van der Waals surface area contributed by atoms with E-state index in [0.29, 0.717) is 21.9 Å². The van der Waals surface area contributed by atoms with Crippen LogP contribution in [0.3, 0.4) is 0 Å². The quantitative estimate of drug-likeness (QED) is 0.670. The maximum atomic E-state index is 13.1. The van der Waals surface area contributed by atoms with E-state index < -0.39 is 5.95 Å². The van der Waals surface area contributed by atoms with Crippen LogP contribution in [0.5, 0.6) is 0 Å². The van der Waals surface area contributed by atoms with Crippen molar-refractivity contribution < 1.29 is 4.39 Å². The Labute approximate surface area is 101 Å². The van der Waals surface area contributed by atoms with Crippen LogP contribution < -0.4 is 0 Å². The van der Waals surface area contributed by atoms with Crippen LogP contribution >= 0.6 is 11.6 Å². The molecule has 3 aromatic rings. The van der Waals surface area contributed by atoms with Gasteiger partial charge in [0.15, 0.2) is 0 Å². The molecule has 3 nitrogen and oxygen atoms in total. The van der Waals surface area contributed by atoms with Gasteiger partial charge in [0.2, 0.25) is 5.95 Å². The van der Waals surface area contributed by atoms with E-state index in [0.717, 1.165) is 5.39 Å². The third kappa shape index (κ3) is 1.66. The lowest BCUT2D eigenvalue weighted by Crippen LogP contribution is -1.90. The van der Waals surface area contributed by atoms with Crippen LogP contribution in [-0.4, -0.2) is 15.0 Å². The highest BCUT2D eigenvalue weighted by Crippen LogP contribution is 2.32. The molecule has 0 unspecified atom stereocenters. The molecule has 0 fully saturated rings. The Morgan fingerprint density at radius 1 is 1.24 bits per heavy atom. The van der Waals surface area contributed by atoms with E-state index in [1.807, 2.05) is 6.07 Å². The molecule has 17 heavy (non-hydrogen) atoms. The number of hydrogen-bond donors (Lipinski definition) is 1. The van der Waals surface area contributed by atoms with Gasteiger partial charge in [0.05, 0.1) is 10.7 Å². The van der Waals surface area contributed by atoms with Gasteiger partial charge in [0, 0.05) is 23.3 Å². The Morgan fingerprint density at radius 2 is 2.12 bits per heavy atom. The minimum Gasteiger partial charge on any atom is -0.346 e. The zero-order chi connectivity index (χ0) is 11.8. The average Bonchev–Trinajstić information content (AvgIpc) is 2.76. The highest BCUT2D eigenvalue weighted by molar-refractivity contribution is 6.34. The summed E-state index contributed by atoms with van der Waals surface area (Å²) >= 11 is 6.11. The van der Waals surface area contributed by atoms with Gasteiger partial charge in [-0.15, -0.1) is 0 Å². The molecule has 1 N–H and O–H groups in total. The zero-order valence-corrected chi connectivity index (χ0v) is 9.37. The molecular weight excluding hydrogens is 241 g/mol. The Kier molecular flexibility index (Phi) is 2.30. The largest absolute Gasteiger partial charge is 0.346 e. The Balaban J connectivity index is 2.36. The van der Waals surface area contributed by atoms with Gasteiger partial charge in [-0.3, -0.25) is 0 Å². The molecule has 0 aromatic carbocycles. The summed E-state index contributed by atoms with van der Waals surface area (Å²) in [5.74, 6) is -0.529. The minimum absolute atomic E-state index is 0.454. The van der Waals surface area contributed by atoms with Gasteiger partial charge in [-0.25, -0.2) is 9.97 Å². The fraction of sp³-hybridized carbons (Fsp3) is 0. The number of nitrogens with one attached hydrogen (secondary N) is 1. The number of pyridine rings is 2. The molecule has 5 heteroatoms. The number of aromatic nitrogens is 3. The summed E-state index contributed by atoms with van der Waals surface area (Å²) in [6, 6.07) is 6.46. The molecule has 84 valence electrons. The SMILES string of the molecule is Fc1cccc(-c2c(Cl)cnc3[nH]ccc23)n1. The first kappa shape index (κ1) is 10.2. The van der Waals surface area contributed by atoms with Gasteiger partial charge in [-0.1, -0.05) is 17.7 Å². The van der Waals surface area contributed by atoms with E-state index in [1.54, 1.807) is 18.3 Å². The van der Waals surface area contributed by atoms with Crippen molar-refractivity contribution in [3.63, 3.8) is 0 Å². The first-order chi connectivity index (χ1) is 8.25. The Morgan fingerprint density at radius 3 is 2.94 bits per heavy atom. The summed E-state index contributed by atoms with van der Waals surface area (Å²) in [7, 11) is 0. The maximum absolute atomic E-state index is 13.1. The van der Waals surface area contributed by atoms with Crippen molar-refractivity contribution in [1.29, 1.82) is 0 Å². The smallest absolute Gasteiger partial charge is 0.213 e. The second-order valence-electron chi connectivity index (χ2n) is 3.57. The molecule has 0 aliphatic carbocycles. The molecule has 3 rings (SSSR count). The topological polar surface area (TPSA) is 41.6 Å². The molecule has 0 atom stereocenters. The van der Waals surface area contributed by atoms with Crippen molar-refractivity contribution in [3.05, 3.63) is 47.6 Å². The Hall–Kier alpha value is -1.94. The summed E-state index contributed by atoms with van der Waals surface area (Å²) in [6.45, 7) is 0. The van der Waals surface area contributed by atoms with Crippen molar-refractivity contribution in [1.82, 2.24) is 15.0 Å². The number of fused-ring (bicyclic) bond motifs is 1. The number of H-pyrrole nitrogens is 1. The third-order valence-corrected chi connectivity index (χ3v) is 2.80. The fourth-order valence-electron chi connectivity index (χ4n) is 1.79. The lowest BCUT2D eigenvalue weighted by atomic mass is 10.1. The molecule has 3 aromatic heterocycles. The van der Waals surface area contributed by atoms with E-state index in [-0.39, 0.29) is 0 Å². The van der Waals surface area contributed by atoms with E-state index in [1.165, 1.54) is 12.3 Å². The van der Waals surface area contributed by atoms with E-state index in [4.69, 9.17) is 11.6 Å². The van der Waals surface area contributed by atoms with Crippen molar-refractivity contribution in [2.75, 3.05) is 0 Å². The average molecular weight is 248 g/mol. The second kappa shape index (κ2) is 3.82. The zero-order valence-electron chi connectivity index (χ0n) is 8.61. The number of aromatic amines is 1. The van der Waals surface area contributed by atoms with Gasteiger partial charge in [0.25, 0.3) is 0 Å². The molecule has 0 aliphatic heterocycles. The number of nitrogens with zero attached hydrogens (tertiary/aromatic N) is 2. The predicted octanol–water partition coefficient (Wildman–Crippen LogP) is 3.42. The molecule has 0 radical (unpaired) electrons. The summed E-state index contributed by atoms with van der Waals surface area (Å²) in [5, 5.41) is 1.28. The van der Waals surface area contributed by atoms with Gasteiger partial charge >= 0.3 is 0 Å². The van der Waals surface area contributed by atoms with Crippen LogP contribution in [0.25, 0.3) is 22.3 Å². The lowest BCUT2D eigenvalue weighted by molar-refractivity contribution is 0.585. The van der Waals surface area contributed by atoms with Gasteiger partial charge in [-0.2, -0.15) is 4.39 Å². The van der Waals surface area contributed by atoms with Crippen molar-refractivity contribution in [2.24, 2.45) is 0 Å². The van der Waals surface area contributed by atoms with Crippen LogP contribution in [0.1, 0.15) is 0 Å². The van der Waals surface area contributed by atoms with Crippen LogP contribution in [0.2, 0.25) is 5.02 Å². The summed E-state index contributed by atoms with van der Waals surface area (Å²) in [5.41, 5.74) is 1.90. The molecule has 0 bridgehead atoms. The van der Waals surface area contributed by atoms with Gasteiger partial charge < -0.3 is 4.98 Å².